The summed E-state index contributed by atoms with van der Waals surface area (Å²) in [6.45, 7) is 5.84. The van der Waals surface area contributed by atoms with Crippen LogP contribution in [0.3, 0.4) is 0 Å². The molecule has 0 rings (SSSR count). The van der Waals surface area contributed by atoms with Crippen LogP contribution in [0, 0.1) is 0 Å². The minimum absolute atomic E-state index is 0.375. The van der Waals surface area contributed by atoms with Crippen molar-refractivity contribution >= 4 is 0 Å². The molecule has 1 N–H and O–H groups in total. The first-order valence-electron chi connectivity index (χ1n) is 5.05. The van der Waals surface area contributed by atoms with Crippen molar-refractivity contribution in [3.8, 4) is 0 Å². The average Bonchev–Trinajstić information content (AvgIpc) is 2.17. The molecule has 2 heteroatoms. The molecule has 0 amide bonds. The first-order chi connectivity index (χ1) is 6.24. The molecule has 0 aromatic carbocycles. The average molecular weight is 185 g/mol. The maximum Gasteiger partial charge on any atom is 0.0543 e. The van der Waals surface area contributed by atoms with Crippen molar-refractivity contribution in [1.82, 2.24) is 5.32 Å². The third kappa shape index (κ3) is 6.79. The summed E-state index contributed by atoms with van der Waals surface area (Å²) < 4.78 is 5.20. The summed E-state index contributed by atoms with van der Waals surface area (Å²) in [5, 5.41) is 3.31. The van der Waals surface area contributed by atoms with Gasteiger partial charge in [-0.1, -0.05) is 6.08 Å². The SMILES string of the molecule is C=CCCC(CCC(C)OC)NC. The van der Waals surface area contributed by atoms with Crippen LogP contribution in [0.25, 0.3) is 0 Å². The van der Waals surface area contributed by atoms with Gasteiger partial charge in [0, 0.05) is 13.2 Å². The van der Waals surface area contributed by atoms with Crippen LogP contribution in [-0.2, 0) is 4.74 Å². The van der Waals surface area contributed by atoms with Crippen LogP contribution in [0.2, 0.25) is 0 Å². The van der Waals surface area contributed by atoms with Crippen LogP contribution in [0.4, 0.5) is 0 Å². The van der Waals surface area contributed by atoms with Gasteiger partial charge >= 0.3 is 0 Å². The van der Waals surface area contributed by atoms with E-state index in [-0.39, 0.29) is 0 Å². The first kappa shape index (κ1) is 12.7. The molecule has 0 aromatic heterocycles. The largest absolute Gasteiger partial charge is 0.382 e. The molecule has 0 heterocycles. The number of methoxy groups -OCH3 is 1. The summed E-state index contributed by atoms with van der Waals surface area (Å²) in [7, 11) is 3.79. The molecule has 0 aliphatic heterocycles. The second-order valence-corrected chi connectivity index (χ2v) is 3.48. The molecule has 0 spiro atoms. The Balaban J connectivity index is 3.52. The Morgan fingerprint density at radius 2 is 2.08 bits per heavy atom. The first-order valence-corrected chi connectivity index (χ1v) is 5.05. The molecule has 0 fully saturated rings. The van der Waals surface area contributed by atoms with Crippen molar-refractivity contribution in [1.29, 1.82) is 0 Å². The maximum atomic E-state index is 5.20. The molecule has 0 radical (unpaired) electrons. The fraction of sp³-hybridized carbons (Fsp3) is 0.818. The molecule has 0 bridgehead atoms. The Labute approximate surface area is 82.4 Å². The fourth-order valence-corrected chi connectivity index (χ4v) is 1.31. The highest BCUT2D eigenvalue weighted by molar-refractivity contribution is 4.73. The summed E-state index contributed by atoms with van der Waals surface area (Å²) in [5.41, 5.74) is 0. The molecule has 2 atom stereocenters. The molecule has 0 saturated carbocycles. The lowest BCUT2D eigenvalue weighted by atomic mass is 10.0. The maximum absolute atomic E-state index is 5.20. The number of nitrogens with one attached hydrogen (secondary N) is 1. The normalized spacial score (nSPS) is 15.3. The van der Waals surface area contributed by atoms with E-state index in [1.807, 2.05) is 13.1 Å². The van der Waals surface area contributed by atoms with Gasteiger partial charge in [-0.25, -0.2) is 0 Å². The van der Waals surface area contributed by atoms with E-state index in [9.17, 15) is 0 Å². The van der Waals surface area contributed by atoms with E-state index in [4.69, 9.17) is 4.74 Å². The van der Waals surface area contributed by atoms with Crippen molar-refractivity contribution in [2.45, 2.75) is 44.8 Å². The standard InChI is InChI=1S/C11H23NO/c1-5-6-7-11(12-3)9-8-10(2)13-4/h5,10-12H,1,6-9H2,2-4H3. The second kappa shape index (κ2) is 8.27. The van der Waals surface area contributed by atoms with Crippen molar-refractivity contribution in [2.75, 3.05) is 14.2 Å². The predicted molar refractivity (Wildman–Crippen MR) is 58.0 cm³/mol. The summed E-state index contributed by atoms with van der Waals surface area (Å²) in [4.78, 5) is 0. The van der Waals surface area contributed by atoms with Gasteiger partial charge in [0.25, 0.3) is 0 Å². The van der Waals surface area contributed by atoms with Crippen LogP contribution in [0.1, 0.15) is 32.6 Å². The van der Waals surface area contributed by atoms with E-state index in [1.54, 1.807) is 7.11 Å². The minimum atomic E-state index is 0.375. The number of allylic oxidation sites excluding steroid dienone is 1. The monoisotopic (exact) mass is 185 g/mol. The van der Waals surface area contributed by atoms with E-state index in [0.29, 0.717) is 12.1 Å². The van der Waals surface area contributed by atoms with Crippen LogP contribution in [-0.4, -0.2) is 26.3 Å². The lowest BCUT2D eigenvalue weighted by Crippen LogP contribution is -2.26. The Kier molecular flexibility index (Phi) is 8.05. The summed E-state index contributed by atoms with van der Waals surface area (Å²) in [6, 6.07) is 0.607. The Morgan fingerprint density at radius 3 is 2.54 bits per heavy atom. The Morgan fingerprint density at radius 1 is 1.38 bits per heavy atom. The highest BCUT2D eigenvalue weighted by Gasteiger charge is 2.07. The van der Waals surface area contributed by atoms with Gasteiger partial charge in [-0.15, -0.1) is 6.58 Å². The second-order valence-electron chi connectivity index (χ2n) is 3.48. The molecule has 0 aliphatic carbocycles. The lowest BCUT2D eigenvalue weighted by Gasteiger charge is -2.17. The zero-order valence-electron chi connectivity index (χ0n) is 9.18. The smallest absolute Gasteiger partial charge is 0.0543 e. The van der Waals surface area contributed by atoms with E-state index < -0.39 is 0 Å². The number of hydrogen-bond acceptors (Lipinski definition) is 2. The Hall–Kier alpha value is -0.340. The fourth-order valence-electron chi connectivity index (χ4n) is 1.31. The van der Waals surface area contributed by atoms with Crippen molar-refractivity contribution in [2.24, 2.45) is 0 Å². The molecule has 2 unspecified atom stereocenters. The zero-order chi connectivity index (χ0) is 10.1. The summed E-state index contributed by atoms with van der Waals surface area (Å²) in [6.07, 6.45) is 6.92. The van der Waals surface area contributed by atoms with Gasteiger partial charge < -0.3 is 10.1 Å². The Bertz CT molecular complexity index is 125. The predicted octanol–water partition coefficient (Wildman–Crippen LogP) is 2.36. The summed E-state index contributed by atoms with van der Waals surface area (Å²) >= 11 is 0. The molecule has 0 saturated heterocycles. The highest BCUT2D eigenvalue weighted by atomic mass is 16.5. The van der Waals surface area contributed by atoms with Gasteiger partial charge in [-0.05, 0) is 39.7 Å². The van der Waals surface area contributed by atoms with E-state index >= 15 is 0 Å². The topological polar surface area (TPSA) is 21.3 Å². The van der Waals surface area contributed by atoms with Gasteiger partial charge in [-0.3, -0.25) is 0 Å². The van der Waals surface area contributed by atoms with Crippen molar-refractivity contribution in [3.63, 3.8) is 0 Å². The molecule has 0 aliphatic rings. The molecule has 78 valence electrons. The molecule has 0 aromatic rings. The van der Waals surface area contributed by atoms with Gasteiger partial charge in [0.1, 0.15) is 0 Å². The van der Waals surface area contributed by atoms with E-state index in [2.05, 4.69) is 18.8 Å². The van der Waals surface area contributed by atoms with Crippen LogP contribution in [0.15, 0.2) is 12.7 Å². The molecular weight excluding hydrogens is 162 g/mol. The van der Waals surface area contributed by atoms with Crippen molar-refractivity contribution < 1.29 is 4.74 Å². The summed E-state index contributed by atoms with van der Waals surface area (Å²) in [5.74, 6) is 0. The van der Waals surface area contributed by atoms with Gasteiger partial charge in [0.2, 0.25) is 0 Å². The van der Waals surface area contributed by atoms with E-state index in [0.717, 1.165) is 12.8 Å². The van der Waals surface area contributed by atoms with Crippen LogP contribution in [0.5, 0.6) is 0 Å². The molecular formula is C11H23NO. The third-order valence-electron chi connectivity index (χ3n) is 2.45. The number of rotatable bonds is 8. The number of hydrogen-bond donors (Lipinski definition) is 1. The quantitative estimate of drug-likeness (QED) is 0.586. The molecule has 2 nitrogen and oxygen atoms in total. The molecule has 13 heavy (non-hydrogen) atoms. The minimum Gasteiger partial charge on any atom is -0.382 e. The van der Waals surface area contributed by atoms with Gasteiger partial charge in [-0.2, -0.15) is 0 Å². The zero-order valence-corrected chi connectivity index (χ0v) is 9.18. The van der Waals surface area contributed by atoms with Gasteiger partial charge in [0.15, 0.2) is 0 Å². The van der Waals surface area contributed by atoms with Gasteiger partial charge in [0.05, 0.1) is 6.10 Å². The third-order valence-corrected chi connectivity index (χ3v) is 2.45. The lowest BCUT2D eigenvalue weighted by molar-refractivity contribution is 0.106. The van der Waals surface area contributed by atoms with E-state index in [1.165, 1.54) is 12.8 Å². The van der Waals surface area contributed by atoms with Crippen LogP contribution >= 0.6 is 0 Å². The highest BCUT2D eigenvalue weighted by Crippen LogP contribution is 2.08. The van der Waals surface area contributed by atoms with Crippen LogP contribution < -0.4 is 5.32 Å². The van der Waals surface area contributed by atoms with Crippen molar-refractivity contribution in [3.05, 3.63) is 12.7 Å². The number of ether oxygens (including phenoxy) is 1.